The number of likely N-dealkylation sites (tertiary alicyclic amines) is 1. The largest absolute Gasteiger partial charge is 0.480 e. The second-order valence-corrected chi connectivity index (χ2v) is 9.90. The molecule has 10 nitrogen and oxygen atoms in total. The molecule has 1 aromatic rings. The van der Waals surface area contributed by atoms with Gasteiger partial charge in [0.15, 0.2) is 5.96 Å². The van der Waals surface area contributed by atoms with E-state index in [0.29, 0.717) is 32.4 Å². The third-order valence-electron chi connectivity index (χ3n) is 7.62. The maximum Gasteiger partial charge on any atom is 0.326 e. The number of carbonyl (C=O) groups is 3. The Labute approximate surface area is 205 Å². The van der Waals surface area contributed by atoms with Gasteiger partial charge in [-0.05, 0) is 55.6 Å². The van der Waals surface area contributed by atoms with E-state index in [1.165, 1.54) is 5.56 Å². The van der Waals surface area contributed by atoms with Gasteiger partial charge in [0.05, 0.1) is 6.04 Å². The number of hydrogen-bond donors (Lipinski definition) is 6. The fourth-order valence-electron chi connectivity index (χ4n) is 5.87. The van der Waals surface area contributed by atoms with Crippen molar-refractivity contribution in [2.75, 3.05) is 6.54 Å². The third kappa shape index (κ3) is 5.75. The maximum atomic E-state index is 13.8. The summed E-state index contributed by atoms with van der Waals surface area (Å²) in [4.78, 5) is 40.8. The first-order valence-corrected chi connectivity index (χ1v) is 12.6. The fraction of sp³-hybridized carbons (Fsp3) is 0.600. The van der Waals surface area contributed by atoms with Crippen molar-refractivity contribution in [3.8, 4) is 0 Å². The van der Waals surface area contributed by atoms with E-state index in [1.54, 1.807) is 4.90 Å². The first-order valence-electron chi connectivity index (χ1n) is 12.6. The summed E-state index contributed by atoms with van der Waals surface area (Å²) >= 11 is 0. The average molecular weight is 485 g/mol. The van der Waals surface area contributed by atoms with Gasteiger partial charge in [-0.2, -0.15) is 0 Å². The Balaban J connectivity index is 1.47. The van der Waals surface area contributed by atoms with Crippen LogP contribution in [0.15, 0.2) is 24.3 Å². The highest BCUT2D eigenvalue weighted by Gasteiger charge is 2.49. The number of hydrogen-bond acceptors (Lipinski definition) is 5. The van der Waals surface area contributed by atoms with Crippen LogP contribution in [0.4, 0.5) is 0 Å². The number of aliphatic carboxylic acids is 1. The molecule has 1 saturated carbocycles. The van der Waals surface area contributed by atoms with E-state index >= 15 is 0 Å². The number of carboxylic acid groups (broad SMARTS) is 1. The van der Waals surface area contributed by atoms with Crippen molar-refractivity contribution >= 4 is 23.7 Å². The van der Waals surface area contributed by atoms with E-state index in [0.717, 1.165) is 31.2 Å². The van der Waals surface area contributed by atoms with Crippen LogP contribution in [0.5, 0.6) is 0 Å². The summed E-state index contributed by atoms with van der Waals surface area (Å²) in [5.41, 5.74) is 7.60. The van der Waals surface area contributed by atoms with Crippen LogP contribution in [0.2, 0.25) is 0 Å². The van der Waals surface area contributed by atoms with Gasteiger partial charge in [-0.3, -0.25) is 15.0 Å². The minimum atomic E-state index is -1.11. The van der Waals surface area contributed by atoms with E-state index in [2.05, 4.69) is 22.0 Å². The van der Waals surface area contributed by atoms with Gasteiger partial charge in [0.25, 0.3) is 0 Å². The van der Waals surface area contributed by atoms with Crippen molar-refractivity contribution in [2.24, 2.45) is 11.7 Å². The number of nitrogens with zero attached hydrogens (tertiary/aromatic N) is 1. The summed E-state index contributed by atoms with van der Waals surface area (Å²) in [5.74, 6) is -1.48. The van der Waals surface area contributed by atoms with E-state index in [9.17, 15) is 19.5 Å². The second kappa shape index (κ2) is 11.1. The van der Waals surface area contributed by atoms with Crippen LogP contribution in [0.3, 0.4) is 0 Å². The van der Waals surface area contributed by atoms with E-state index in [-0.39, 0.29) is 30.2 Å². The van der Waals surface area contributed by atoms with Crippen LogP contribution in [0.1, 0.15) is 56.1 Å². The number of amides is 2. The molecule has 2 aliphatic heterocycles. The summed E-state index contributed by atoms with van der Waals surface area (Å²) < 4.78 is 0. The van der Waals surface area contributed by atoms with Crippen LogP contribution in [0, 0.1) is 11.3 Å². The van der Waals surface area contributed by atoms with Crippen LogP contribution < -0.4 is 21.7 Å². The predicted molar refractivity (Wildman–Crippen MR) is 130 cm³/mol. The Morgan fingerprint density at radius 3 is 2.69 bits per heavy atom. The highest BCUT2D eigenvalue weighted by atomic mass is 16.4. The third-order valence-corrected chi connectivity index (χ3v) is 7.62. The first-order chi connectivity index (χ1) is 16.8. The SMILES string of the molecule is N=C(N)NCCC[C@H](NC(=O)[C@@H]1CC2CCCCC2N1C(=O)[C@H]1Cc2ccccc2CN1)C(=O)O. The van der Waals surface area contributed by atoms with Gasteiger partial charge in [-0.1, -0.05) is 37.1 Å². The maximum absolute atomic E-state index is 13.8. The molecule has 0 radical (unpaired) electrons. The Morgan fingerprint density at radius 1 is 1.20 bits per heavy atom. The van der Waals surface area contributed by atoms with Gasteiger partial charge in [-0.15, -0.1) is 0 Å². The summed E-state index contributed by atoms with van der Waals surface area (Å²) in [6.45, 7) is 0.961. The number of rotatable bonds is 8. The minimum absolute atomic E-state index is 0.0222. The predicted octanol–water partition coefficient (Wildman–Crippen LogP) is 0.693. The Bertz CT molecular complexity index is 969. The van der Waals surface area contributed by atoms with Crippen LogP contribution in [-0.2, 0) is 27.3 Å². The monoisotopic (exact) mass is 484 g/mol. The van der Waals surface area contributed by atoms with Crippen LogP contribution >= 0.6 is 0 Å². The number of nitrogens with two attached hydrogens (primary N) is 1. The Kier molecular flexibility index (Phi) is 7.90. The first kappa shape index (κ1) is 25.0. The summed E-state index contributed by atoms with van der Waals surface area (Å²) in [7, 11) is 0. The number of fused-ring (bicyclic) bond motifs is 2. The van der Waals surface area contributed by atoms with Gasteiger partial charge in [0.2, 0.25) is 11.8 Å². The highest BCUT2D eigenvalue weighted by Crippen LogP contribution is 2.40. The van der Waals surface area contributed by atoms with Crippen LogP contribution in [-0.4, -0.2) is 64.5 Å². The molecule has 4 rings (SSSR count). The number of benzene rings is 1. The van der Waals surface area contributed by atoms with Crippen molar-refractivity contribution in [3.63, 3.8) is 0 Å². The molecule has 0 spiro atoms. The molecule has 1 aliphatic carbocycles. The van der Waals surface area contributed by atoms with Gasteiger partial charge in [0, 0.05) is 19.1 Å². The molecule has 1 saturated heterocycles. The molecule has 0 aromatic heterocycles. The van der Waals surface area contributed by atoms with E-state index in [1.807, 2.05) is 18.2 Å². The van der Waals surface area contributed by atoms with Gasteiger partial charge >= 0.3 is 5.97 Å². The highest BCUT2D eigenvalue weighted by molar-refractivity contribution is 5.93. The molecule has 2 amide bonds. The lowest BCUT2D eigenvalue weighted by molar-refractivity contribution is -0.145. The molecular formula is C25H36N6O4. The van der Waals surface area contributed by atoms with Gasteiger partial charge < -0.3 is 31.7 Å². The molecular weight excluding hydrogens is 448 g/mol. The lowest BCUT2D eigenvalue weighted by atomic mass is 9.84. The zero-order chi connectivity index (χ0) is 24.9. The second-order valence-electron chi connectivity index (χ2n) is 9.90. The number of carbonyl (C=O) groups excluding carboxylic acids is 2. The molecule has 35 heavy (non-hydrogen) atoms. The Hall–Kier alpha value is -3.14. The smallest absolute Gasteiger partial charge is 0.326 e. The summed E-state index contributed by atoms with van der Waals surface area (Å²) in [5, 5.41) is 25.5. The molecule has 190 valence electrons. The minimum Gasteiger partial charge on any atom is -0.480 e. The lowest BCUT2D eigenvalue weighted by Crippen LogP contribution is -2.58. The molecule has 10 heteroatoms. The Morgan fingerprint density at radius 2 is 1.94 bits per heavy atom. The average Bonchev–Trinajstić information content (AvgIpc) is 3.24. The van der Waals surface area contributed by atoms with Gasteiger partial charge in [-0.25, -0.2) is 4.79 Å². The van der Waals surface area contributed by atoms with Crippen molar-refractivity contribution in [1.82, 2.24) is 20.9 Å². The molecule has 5 atom stereocenters. The molecule has 2 fully saturated rings. The summed E-state index contributed by atoms with van der Waals surface area (Å²) in [6, 6.07) is 5.99. The zero-order valence-electron chi connectivity index (χ0n) is 20.0. The molecule has 1 aromatic carbocycles. The number of guanidine groups is 1. The van der Waals surface area contributed by atoms with E-state index in [4.69, 9.17) is 11.1 Å². The number of nitrogens with one attached hydrogen (secondary N) is 4. The van der Waals surface area contributed by atoms with Crippen molar-refractivity contribution in [1.29, 1.82) is 5.41 Å². The summed E-state index contributed by atoms with van der Waals surface area (Å²) in [6.07, 6.45) is 5.77. The topological polar surface area (TPSA) is 161 Å². The standard InChI is InChI=1S/C25H36N6O4/c26-25(27)28-11-5-9-18(24(34)35)30-22(32)21-13-16-7-3-4-10-20(16)31(21)23(33)19-12-15-6-1-2-8-17(15)14-29-19/h1-2,6,8,16,18-21,29H,3-5,7,9-14H2,(H,30,32)(H,34,35)(H4,26,27,28)/t16?,18-,19+,20?,21-/m0/s1. The normalized spacial score (nSPS) is 26.2. The number of carboxylic acids is 1. The van der Waals surface area contributed by atoms with Gasteiger partial charge in [0.1, 0.15) is 12.1 Å². The quantitative estimate of drug-likeness (QED) is 0.180. The molecule has 2 heterocycles. The fourth-order valence-corrected chi connectivity index (χ4v) is 5.87. The lowest BCUT2D eigenvalue weighted by Gasteiger charge is -2.37. The molecule has 0 bridgehead atoms. The molecule has 2 unspecified atom stereocenters. The van der Waals surface area contributed by atoms with Crippen molar-refractivity contribution in [3.05, 3.63) is 35.4 Å². The van der Waals surface area contributed by atoms with Crippen molar-refractivity contribution < 1.29 is 19.5 Å². The van der Waals surface area contributed by atoms with Crippen molar-refractivity contribution in [2.45, 2.75) is 82.1 Å². The van der Waals surface area contributed by atoms with E-state index < -0.39 is 30.0 Å². The molecule has 7 N–H and O–H groups in total. The molecule has 3 aliphatic rings. The van der Waals surface area contributed by atoms with Crippen LogP contribution in [0.25, 0.3) is 0 Å². The zero-order valence-corrected chi connectivity index (χ0v) is 20.0.